The molecule has 1 amide bonds. The average molecular weight is 497 g/mol. The van der Waals surface area contributed by atoms with Gasteiger partial charge in [0.15, 0.2) is 5.16 Å². The molecule has 0 unspecified atom stereocenters. The van der Waals surface area contributed by atoms with Crippen molar-refractivity contribution in [2.24, 2.45) is 0 Å². The smallest absolute Gasteiger partial charge is 0.263 e. The van der Waals surface area contributed by atoms with E-state index in [1.165, 1.54) is 39.8 Å². The highest BCUT2D eigenvalue weighted by molar-refractivity contribution is 7.99. The summed E-state index contributed by atoms with van der Waals surface area (Å²) in [6.07, 6.45) is 6.12. The van der Waals surface area contributed by atoms with Crippen molar-refractivity contribution < 1.29 is 4.79 Å². The van der Waals surface area contributed by atoms with Crippen LogP contribution in [0.25, 0.3) is 10.2 Å². The number of aryl methyl sites for hydroxylation is 2. The van der Waals surface area contributed by atoms with Gasteiger partial charge < -0.3 is 9.80 Å². The van der Waals surface area contributed by atoms with Gasteiger partial charge in [-0.1, -0.05) is 36.0 Å². The maximum atomic E-state index is 13.6. The second-order valence-corrected chi connectivity index (χ2v) is 11.5. The molecule has 34 heavy (non-hydrogen) atoms. The van der Waals surface area contributed by atoms with Crippen LogP contribution in [0.3, 0.4) is 0 Å². The third-order valence-corrected chi connectivity index (χ3v) is 8.98. The zero-order chi connectivity index (χ0) is 23.7. The van der Waals surface area contributed by atoms with E-state index in [0.717, 1.165) is 55.4 Å². The van der Waals surface area contributed by atoms with E-state index in [2.05, 4.69) is 23.1 Å². The fraction of sp³-hybridized carbons (Fsp3) is 0.500. The second-order valence-electron chi connectivity index (χ2n) is 9.52. The minimum Gasteiger partial charge on any atom is -0.337 e. The summed E-state index contributed by atoms with van der Waals surface area (Å²) < 4.78 is 1.83. The Morgan fingerprint density at radius 3 is 2.76 bits per heavy atom. The average Bonchev–Trinajstić information content (AvgIpc) is 3.22. The molecule has 0 saturated heterocycles. The lowest BCUT2D eigenvalue weighted by atomic mass is 9.97. The number of hydrogen-bond acceptors (Lipinski definition) is 6. The Labute approximate surface area is 209 Å². The summed E-state index contributed by atoms with van der Waals surface area (Å²) in [6, 6.07) is 8.36. The van der Waals surface area contributed by atoms with Crippen LogP contribution in [0.4, 0.5) is 0 Å². The molecule has 180 valence electrons. The van der Waals surface area contributed by atoms with Crippen molar-refractivity contribution in [1.82, 2.24) is 19.4 Å². The molecule has 0 atom stereocenters. The molecule has 8 heteroatoms. The lowest BCUT2D eigenvalue weighted by Crippen LogP contribution is -2.37. The van der Waals surface area contributed by atoms with E-state index in [1.54, 1.807) is 11.3 Å². The number of benzene rings is 1. The van der Waals surface area contributed by atoms with Gasteiger partial charge in [0.1, 0.15) is 4.83 Å². The van der Waals surface area contributed by atoms with Gasteiger partial charge in [0.05, 0.1) is 11.1 Å². The van der Waals surface area contributed by atoms with Gasteiger partial charge in [-0.05, 0) is 75.9 Å². The monoisotopic (exact) mass is 496 g/mol. The maximum Gasteiger partial charge on any atom is 0.263 e. The minimum absolute atomic E-state index is 0.0741. The number of aromatic nitrogens is 2. The van der Waals surface area contributed by atoms with Crippen molar-refractivity contribution in [3.05, 3.63) is 56.2 Å². The lowest BCUT2D eigenvalue weighted by Gasteiger charge is -2.28. The van der Waals surface area contributed by atoms with Crippen LogP contribution < -0.4 is 5.56 Å². The van der Waals surface area contributed by atoms with Gasteiger partial charge in [-0.2, -0.15) is 0 Å². The van der Waals surface area contributed by atoms with Crippen molar-refractivity contribution in [3.63, 3.8) is 0 Å². The summed E-state index contributed by atoms with van der Waals surface area (Å²) in [5, 5.41) is 1.51. The quantitative estimate of drug-likeness (QED) is 0.366. The molecule has 0 saturated carbocycles. The van der Waals surface area contributed by atoms with Gasteiger partial charge in [0.25, 0.3) is 5.56 Å². The van der Waals surface area contributed by atoms with E-state index < -0.39 is 0 Å². The van der Waals surface area contributed by atoms with Crippen LogP contribution in [0.1, 0.15) is 40.8 Å². The number of fused-ring (bicyclic) bond motifs is 4. The molecule has 2 aliphatic rings. The maximum absolute atomic E-state index is 13.6. The van der Waals surface area contributed by atoms with Gasteiger partial charge in [-0.25, -0.2) is 4.98 Å². The summed E-state index contributed by atoms with van der Waals surface area (Å²) in [5.41, 5.74) is 3.87. The zero-order valence-corrected chi connectivity index (χ0v) is 21.6. The van der Waals surface area contributed by atoms with E-state index in [4.69, 9.17) is 4.98 Å². The van der Waals surface area contributed by atoms with Crippen molar-refractivity contribution >= 4 is 39.2 Å². The third-order valence-electron chi connectivity index (χ3n) is 6.83. The molecule has 3 heterocycles. The number of carbonyl (C=O) groups excluding carboxylic acids is 1. The number of thioether (sulfide) groups is 1. The van der Waals surface area contributed by atoms with Gasteiger partial charge in [0, 0.05) is 24.5 Å². The van der Waals surface area contributed by atoms with Gasteiger partial charge in [-0.15, -0.1) is 11.3 Å². The number of amides is 1. The zero-order valence-electron chi connectivity index (χ0n) is 20.0. The van der Waals surface area contributed by atoms with E-state index in [-0.39, 0.29) is 11.5 Å². The van der Waals surface area contributed by atoms with Crippen LogP contribution in [-0.2, 0) is 37.1 Å². The number of thiophene rings is 1. The van der Waals surface area contributed by atoms with E-state index in [0.29, 0.717) is 24.0 Å². The van der Waals surface area contributed by atoms with E-state index >= 15 is 0 Å². The standard InChI is InChI=1S/C26H32N4O2S2/c1-28(2)13-7-14-30-25(32)23-20-10-5-6-11-21(20)34-24(23)27-26(30)33-17-22(31)29-15-12-18-8-3-4-9-19(18)16-29/h3-4,8-9H,5-7,10-17H2,1-2H3. The van der Waals surface area contributed by atoms with Gasteiger partial charge in [-0.3, -0.25) is 14.2 Å². The fourth-order valence-corrected chi connectivity index (χ4v) is 7.23. The Morgan fingerprint density at radius 2 is 1.94 bits per heavy atom. The van der Waals surface area contributed by atoms with Crippen LogP contribution in [-0.4, -0.2) is 58.2 Å². The molecule has 5 rings (SSSR count). The Bertz CT molecular complexity index is 1260. The van der Waals surface area contributed by atoms with Crippen LogP contribution in [0.5, 0.6) is 0 Å². The molecule has 2 aromatic heterocycles. The summed E-state index contributed by atoms with van der Waals surface area (Å²) in [4.78, 5) is 37.9. The molecule has 0 fully saturated rings. The first-order valence-electron chi connectivity index (χ1n) is 12.2. The molecular weight excluding hydrogens is 464 g/mol. The summed E-state index contributed by atoms with van der Waals surface area (Å²) in [7, 11) is 4.09. The highest BCUT2D eigenvalue weighted by Crippen LogP contribution is 2.35. The van der Waals surface area contributed by atoms with Crippen LogP contribution in [0, 0.1) is 0 Å². The molecule has 6 nitrogen and oxygen atoms in total. The summed E-state index contributed by atoms with van der Waals surface area (Å²) >= 11 is 3.10. The molecule has 0 bridgehead atoms. The highest BCUT2D eigenvalue weighted by atomic mass is 32.2. The molecule has 1 aliphatic heterocycles. The Kier molecular flexibility index (Phi) is 7.09. The van der Waals surface area contributed by atoms with Crippen molar-refractivity contribution in [2.45, 2.75) is 56.8 Å². The van der Waals surface area contributed by atoms with Crippen LogP contribution in [0.15, 0.2) is 34.2 Å². The van der Waals surface area contributed by atoms with Crippen molar-refractivity contribution in [3.8, 4) is 0 Å². The second kappa shape index (κ2) is 10.2. The number of nitrogens with zero attached hydrogens (tertiary/aromatic N) is 4. The first kappa shape index (κ1) is 23.6. The predicted octanol–water partition coefficient (Wildman–Crippen LogP) is 3.97. The largest absolute Gasteiger partial charge is 0.337 e. The molecule has 1 aromatic carbocycles. The third kappa shape index (κ3) is 4.81. The molecule has 3 aromatic rings. The van der Waals surface area contributed by atoms with Crippen molar-refractivity contribution in [1.29, 1.82) is 0 Å². The number of carbonyl (C=O) groups is 1. The normalized spacial score (nSPS) is 15.6. The fourth-order valence-electron chi connectivity index (χ4n) is 5.00. The Morgan fingerprint density at radius 1 is 1.15 bits per heavy atom. The SMILES string of the molecule is CN(C)CCCn1c(SCC(=O)N2CCc3ccccc3C2)nc2sc3c(c2c1=O)CCCC3. The Balaban J connectivity index is 1.39. The first-order chi connectivity index (χ1) is 16.5. The van der Waals surface area contributed by atoms with E-state index in [1.807, 2.05) is 29.6 Å². The van der Waals surface area contributed by atoms with Crippen LogP contribution >= 0.6 is 23.1 Å². The first-order valence-corrected chi connectivity index (χ1v) is 14.0. The number of rotatable bonds is 7. The van der Waals surface area contributed by atoms with E-state index in [9.17, 15) is 9.59 Å². The predicted molar refractivity (Wildman–Crippen MR) is 140 cm³/mol. The highest BCUT2D eigenvalue weighted by Gasteiger charge is 2.24. The minimum atomic E-state index is 0.0741. The van der Waals surface area contributed by atoms with Gasteiger partial charge in [0.2, 0.25) is 5.91 Å². The molecule has 1 aliphatic carbocycles. The Hall–Kier alpha value is -2.16. The molecule has 0 N–H and O–H groups in total. The van der Waals surface area contributed by atoms with Crippen molar-refractivity contribution in [2.75, 3.05) is 32.9 Å². The number of hydrogen-bond donors (Lipinski definition) is 0. The molecule has 0 spiro atoms. The molecule has 0 radical (unpaired) electrons. The van der Waals surface area contributed by atoms with Crippen LogP contribution in [0.2, 0.25) is 0 Å². The summed E-state index contributed by atoms with van der Waals surface area (Å²) in [6.45, 7) is 2.94. The summed E-state index contributed by atoms with van der Waals surface area (Å²) in [5.74, 6) is 0.415. The topological polar surface area (TPSA) is 58.4 Å². The van der Waals surface area contributed by atoms with Gasteiger partial charge >= 0.3 is 0 Å². The lowest BCUT2D eigenvalue weighted by molar-refractivity contribution is -0.129. The molecular formula is C26H32N4O2S2.